The van der Waals surface area contributed by atoms with Crippen LogP contribution in [0.5, 0.6) is 5.75 Å². The van der Waals surface area contributed by atoms with Gasteiger partial charge >= 0.3 is 0 Å². The van der Waals surface area contributed by atoms with Gasteiger partial charge in [-0.2, -0.15) is 4.31 Å². The molecule has 2 aromatic rings. The summed E-state index contributed by atoms with van der Waals surface area (Å²) < 4.78 is 36.4. The van der Waals surface area contributed by atoms with E-state index in [2.05, 4.69) is 9.68 Å². The Labute approximate surface area is 123 Å². The van der Waals surface area contributed by atoms with Gasteiger partial charge in [0.15, 0.2) is 0 Å². The minimum atomic E-state index is -3.40. The van der Waals surface area contributed by atoms with Crippen LogP contribution in [0.15, 0.2) is 35.1 Å². The molecule has 21 heavy (non-hydrogen) atoms. The molecule has 1 aliphatic heterocycles. The highest BCUT2D eigenvalue weighted by atomic mass is 32.2. The molecule has 0 saturated carbocycles. The number of benzene rings is 1. The highest BCUT2D eigenvalue weighted by molar-refractivity contribution is 7.88. The average molecular weight is 308 g/mol. The first-order valence-corrected chi connectivity index (χ1v) is 8.23. The van der Waals surface area contributed by atoms with Crippen LogP contribution in [0.3, 0.4) is 0 Å². The summed E-state index contributed by atoms with van der Waals surface area (Å²) in [7, 11) is -1.77. The van der Waals surface area contributed by atoms with Crippen molar-refractivity contribution in [1.82, 2.24) is 9.46 Å². The Kier molecular flexibility index (Phi) is 3.69. The number of aromatic nitrogens is 1. The fourth-order valence-corrected chi connectivity index (χ4v) is 3.98. The summed E-state index contributed by atoms with van der Waals surface area (Å²) >= 11 is 0. The van der Waals surface area contributed by atoms with E-state index in [4.69, 9.17) is 4.74 Å². The first-order chi connectivity index (χ1) is 10.1. The fraction of sp³-hybridized carbons (Fsp3) is 0.357. The summed E-state index contributed by atoms with van der Waals surface area (Å²) in [6.07, 6.45) is 2.03. The van der Waals surface area contributed by atoms with Gasteiger partial charge in [0.2, 0.25) is 10.0 Å². The van der Waals surface area contributed by atoms with E-state index in [0.717, 1.165) is 16.9 Å². The zero-order chi connectivity index (χ0) is 14.9. The monoisotopic (exact) mass is 308 g/mol. The molecule has 1 aromatic heterocycles. The number of sulfonamides is 1. The highest BCUT2D eigenvalue weighted by Crippen LogP contribution is 2.29. The van der Waals surface area contributed by atoms with Crippen molar-refractivity contribution < 1.29 is 17.7 Å². The predicted octanol–water partition coefficient (Wildman–Crippen LogP) is 1.57. The first kappa shape index (κ1) is 14.1. The van der Waals surface area contributed by atoms with Crippen molar-refractivity contribution in [2.24, 2.45) is 0 Å². The Morgan fingerprint density at radius 2 is 2.24 bits per heavy atom. The van der Waals surface area contributed by atoms with Gasteiger partial charge in [0.05, 0.1) is 12.8 Å². The van der Waals surface area contributed by atoms with Crippen LogP contribution in [0, 0.1) is 0 Å². The largest absolute Gasteiger partial charge is 0.496 e. The minimum Gasteiger partial charge on any atom is -0.496 e. The Morgan fingerprint density at radius 1 is 1.38 bits per heavy atom. The molecular formula is C14H16N2O4S. The molecule has 0 saturated heterocycles. The van der Waals surface area contributed by atoms with Crippen LogP contribution in [0.25, 0.3) is 0 Å². The normalized spacial score (nSPS) is 15.7. The topological polar surface area (TPSA) is 72.6 Å². The third-order valence-electron chi connectivity index (χ3n) is 3.62. The van der Waals surface area contributed by atoms with Gasteiger partial charge in [0, 0.05) is 19.2 Å². The Morgan fingerprint density at radius 3 is 2.95 bits per heavy atom. The van der Waals surface area contributed by atoms with Crippen LogP contribution < -0.4 is 4.74 Å². The lowest BCUT2D eigenvalue weighted by molar-refractivity contribution is 0.369. The predicted molar refractivity (Wildman–Crippen MR) is 76.2 cm³/mol. The second-order valence-corrected chi connectivity index (χ2v) is 6.90. The minimum absolute atomic E-state index is 0.136. The highest BCUT2D eigenvalue weighted by Gasteiger charge is 2.28. The third-order valence-corrected chi connectivity index (χ3v) is 5.38. The van der Waals surface area contributed by atoms with Crippen molar-refractivity contribution >= 4 is 10.0 Å². The lowest BCUT2D eigenvalue weighted by atomic mass is 10.0. The fourth-order valence-electron chi connectivity index (χ4n) is 2.57. The number of hydrogen-bond acceptors (Lipinski definition) is 5. The molecule has 0 bridgehead atoms. The molecule has 0 fully saturated rings. The lowest BCUT2D eigenvalue weighted by Crippen LogP contribution is -2.36. The van der Waals surface area contributed by atoms with Crippen LogP contribution in [0.2, 0.25) is 0 Å². The number of nitrogens with zero attached hydrogens (tertiary/aromatic N) is 2. The third kappa shape index (κ3) is 2.79. The van der Waals surface area contributed by atoms with E-state index in [1.807, 2.05) is 18.2 Å². The SMILES string of the molecule is COc1cccc2c1CCN(S(=O)(=O)Cc1ccon1)C2. The Bertz CT molecular complexity index is 725. The Hall–Kier alpha value is -1.86. The molecule has 0 unspecified atom stereocenters. The molecule has 3 rings (SSSR count). The van der Waals surface area contributed by atoms with E-state index in [9.17, 15) is 8.42 Å². The van der Waals surface area contributed by atoms with Crippen molar-refractivity contribution in [2.45, 2.75) is 18.7 Å². The molecule has 0 spiro atoms. The molecule has 2 heterocycles. The summed E-state index contributed by atoms with van der Waals surface area (Å²) in [5, 5.41) is 3.67. The maximum atomic E-state index is 12.4. The van der Waals surface area contributed by atoms with Crippen molar-refractivity contribution in [3.63, 3.8) is 0 Å². The van der Waals surface area contributed by atoms with Gasteiger partial charge in [-0.05, 0) is 23.6 Å². The van der Waals surface area contributed by atoms with E-state index < -0.39 is 10.0 Å². The van der Waals surface area contributed by atoms with Crippen LogP contribution in [-0.2, 0) is 28.7 Å². The second-order valence-electron chi connectivity index (χ2n) is 4.93. The molecule has 6 nitrogen and oxygen atoms in total. The van der Waals surface area contributed by atoms with Crippen LogP contribution in [0.1, 0.15) is 16.8 Å². The number of rotatable bonds is 4. The van der Waals surface area contributed by atoms with Crippen LogP contribution in [0.4, 0.5) is 0 Å². The number of fused-ring (bicyclic) bond motifs is 1. The zero-order valence-corrected chi connectivity index (χ0v) is 12.5. The van der Waals surface area contributed by atoms with E-state index >= 15 is 0 Å². The zero-order valence-electron chi connectivity index (χ0n) is 11.7. The summed E-state index contributed by atoms with van der Waals surface area (Å²) in [5.41, 5.74) is 2.50. The maximum Gasteiger partial charge on any atom is 0.220 e. The number of methoxy groups -OCH3 is 1. The van der Waals surface area contributed by atoms with Crippen molar-refractivity contribution in [3.05, 3.63) is 47.3 Å². The van der Waals surface area contributed by atoms with Gasteiger partial charge in [-0.25, -0.2) is 8.42 Å². The molecule has 0 amide bonds. The molecule has 0 atom stereocenters. The van der Waals surface area contributed by atoms with E-state index in [0.29, 0.717) is 25.2 Å². The summed E-state index contributed by atoms with van der Waals surface area (Å²) in [6, 6.07) is 7.29. The van der Waals surface area contributed by atoms with Crippen molar-refractivity contribution in [2.75, 3.05) is 13.7 Å². The number of hydrogen-bond donors (Lipinski definition) is 0. The van der Waals surface area contributed by atoms with Crippen molar-refractivity contribution in [3.8, 4) is 5.75 Å². The molecule has 0 aliphatic carbocycles. The molecule has 1 aliphatic rings. The first-order valence-electron chi connectivity index (χ1n) is 6.62. The van der Waals surface area contributed by atoms with E-state index in [1.54, 1.807) is 13.2 Å². The smallest absolute Gasteiger partial charge is 0.220 e. The lowest BCUT2D eigenvalue weighted by Gasteiger charge is -2.28. The summed E-state index contributed by atoms with van der Waals surface area (Å²) in [4.78, 5) is 0. The molecular weight excluding hydrogens is 292 g/mol. The molecule has 7 heteroatoms. The van der Waals surface area contributed by atoms with Crippen LogP contribution in [-0.4, -0.2) is 31.5 Å². The molecule has 0 radical (unpaired) electrons. The summed E-state index contributed by atoms with van der Waals surface area (Å²) in [5.74, 6) is 0.684. The quantitative estimate of drug-likeness (QED) is 0.857. The number of ether oxygens (including phenoxy) is 1. The van der Waals surface area contributed by atoms with Gasteiger partial charge in [-0.3, -0.25) is 0 Å². The average Bonchev–Trinajstić information content (AvgIpc) is 2.98. The van der Waals surface area contributed by atoms with Gasteiger partial charge < -0.3 is 9.26 Å². The standard InChI is InChI=1S/C14H16N2O4S/c1-19-14-4-2-3-11-9-16(7-5-13(11)14)21(17,18)10-12-6-8-20-15-12/h2-4,6,8H,5,7,9-10H2,1H3. The van der Waals surface area contributed by atoms with Gasteiger partial charge in [-0.15, -0.1) is 0 Å². The van der Waals surface area contributed by atoms with Gasteiger partial charge in [-0.1, -0.05) is 17.3 Å². The Balaban J connectivity index is 1.83. The van der Waals surface area contributed by atoms with E-state index in [1.165, 1.54) is 10.6 Å². The van der Waals surface area contributed by atoms with E-state index in [-0.39, 0.29) is 5.75 Å². The van der Waals surface area contributed by atoms with Gasteiger partial charge in [0.1, 0.15) is 17.8 Å². The molecule has 112 valence electrons. The second kappa shape index (κ2) is 5.50. The summed E-state index contributed by atoms with van der Waals surface area (Å²) in [6.45, 7) is 0.820. The molecule has 0 N–H and O–H groups in total. The molecule has 1 aromatic carbocycles. The van der Waals surface area contributed by atoms with Crippen molar-refractivity contribution in [1.29, 1.82) is 0 Å². The van der Waals surface area contributed by atoms with Gasteiger partial charge in [0.25, 0.3) is 0 Å². The van der Waals surface area contributed by atoms with Crippen LogP contribution >= 0.6 is 0 Å². The maximum absolute atomic E-state index is 12.4.